The first-order valence-electron chi connectivity index (χ1n) is 7.09. The normalized spacial score (nSPS) is 23.1. The first-order chi connectivity index (χ1) is 10.2. The fourth-order valence-electron chi connectivity index (χ4n) is 2.75. The Labute approximate surface area is 130 Å². The molecule has 0 aliphatic carbocycles. The summed E-state index contributed by atoms with van der Waals surface area (Å²) < 4.78 is 25.0. The van der Waals surface area contributed by atoms with Crippen LogP contribution in [0.15, 0.2) is 6.20 Å². The summed E-state index contributed by atoms with van der Waals surface area (Å²) in [5.41, 5.74) is 1.18. The first-order valence-corrected chi connectivity index (χ1v) is 8.94. The van der Waals surface area contributed by atoms with Gasteiger partial charge in [0.15, 0.2) is 0 Å². The van der Waals surface area contributed by atoms with Crippen molar-refractivity contribution in [3.8, 4) is 0 Å². The number of aromatic nitrogens is 2. The molecule has 0 bridgehead atoms. The zero-order valence-corrected chi connectivity index (χ0v) is 14.1. The number of sulfonamides is 1. The number of aryl methyl sites for hydroxylation is 1. The van der Waals surface area contributed by atoms with E-state index in [9.17, 15) is 13.2 Å². The Morgan fingerprint density at radius 1 is 1.50 bits per heavy atom. The van der Waals surface area contributed by atoms with Gasteiger partial charge >= 0.3 is 0 Å². The van der Waals surface area contributed by atoms with Crippen molar-refractivity contribution in [2.24, 2.45) is 5.92 Å². The molecule has 2 heterocycles. The minimum Gasteiger partial charge on any atom is -0.347 e. The lowest BCUT2D eigenvalue weighted by Crippen LogP contribution is -2.43. The van der Waals surface area contributed by atoms with Gasteiger partial charge in [0.1, 0.15) is 0 Å². The van der Waals surface area contributed by atoms with E-state index in [0.717, 1.165) is 0 Å². The topological polar surface area (TPSA) is 98.4 Å². The minimum atomic E-state index is -3.26. The van der Waals surface area contributed by atoms with Crippen molar-refractivity contribution in [1.29, 1.82) is 0 Å². The molecule has 8 nitrogen and oxygen atoms in total. The lowest BCUT2D eigenvalue weighted by Gasteiger charge is -2.22. The molecule has 1 aromatic heterocycles. The Morgan fingerprint density at radius 3 is 2.68 bits per heavy atom. The molecule has 9 heteroatoms. The second-order valence-corrected chi connectivity index (χ2v) is 8.07. The van der Waals surface area contributed by atoms with E-state index in [1.54, 1.807) is 6.92 Å². The fourth-order valence-corrected chi connectivity index (χ4v) is 3.64. The summed E-state index contributed by atoms with van der Waals surface area (Å²) in [5, 5.41) is 9.51. The van der Waals surface area contributed by atoms with Crippen LogP contribution in [-0.2, 0) is 10.0 Å². The molecule has 1 amide bonds. The van der Waals surface area contributed by atoms with Gasteiger partial charge in [-0.05, 0) is 21.0 Å². The van der Waals surface area contributed by atoms with Crippen molar-refractivity contribution in [2.75, 3.05) is 40.0 Å². The molecule has 0 unspecified atom stereocenters. The van der Waals surface area contributed by atoms with E-state index in [1.165, 1.54) is 16.8 Å². The van der Waals surface area contributed by atoms with Crippen molar-refractivity contribution < 1.29 is 13.2 Å². The Kier molecular flexibility index (Phi) is 4.88. The van der Waals surface area contributed by atoms with Crippen LogP contribution >= 0.6 is 0 Å². The van der Waals surface area contributed by atoms with Gasteiger partial charge in [-0.1, -0.05) is 0 Å². The average Bonchev–Trinajstić information content (AvgIpc) is 2.95. The van der Waals surface area contributed by atoms with Crippen LogP contribution in [0.25, 0.3) is 0 Å². The number of aromatic amines is 1. The highest BCUT2D eigenvalue weighted by Crippen LogP contribution is 2.21. The Balaban J connectivity index is 2.12. The number of amides is 1. The van der Waals surface area contributed by atoms with E-state index >= 15 is 0 Å². The molecule has 0 aromatic carbocycles. The van der Waals surface area contributed by atoms with E-state index in [1.807, 2.05) is 19.0 Å². The molecule has 2 atom stereocenters. The molecule has 1 saturated heterocycles. The van der Waals surface area contributed by atoms with Crippen LogP contribution in [0, 0.1) is 12.8 Å². The molecule has 0 saturated carbocycles. The number of H-pyrrole nitrogens is 1. The molecule has 1 aliphatic rings. The van der Waals surface area contributed by atoms with Crippen LogP contribution in [0.5, 0.6) is 0 Å². The van der Waals surface area contributed by atoms with E-state index < -0.39 is 10.0 Å². The van der Waals surface area contributed by atoms with Crippen molar-refractivity contribution in [3.05, 3.63) is 17.5 Å². The fraction of sp³-hybridized carbons (Fsp3) is 0.692. The molecule has 2 rings (SSSR count). The van der Waals surface area contributed by atoms with Gasteiger partial charge in [0.2, 0.25) is 10.0 Å². The van der Waals surface area contributed by atoms with Crippen molar-refractivity contribution >= 4 is 15.9 Å². The summed E-state index contributed by atoms with van der Waals surface area (Å²) in [6.45, 7) is 3.21. The number of rotatable bonds is 5. The van der Waals surface area contributed by atoms with Crippen LogP contribution in [0.4, 0.5) is 0 Å². The van der Waals surface area contributed by atoms with Crippen molar-refractivity contribution in [2.45, 2.75) is 13.0 Å². The SMILES string of the molecule is Cc1[nH]ncc1C(=O)N[C@@H]1CN(S(C)(=O)=O)C[C@H]1CN(C)C. The molecule has 1 fully saturated rings. The molecule has 22 heavy (non-hydrogen) atoms. The van der Waals surface area contributed by atoms with Gasteiger partial charge in [-0.15, -0.1) is 0 Å². The highest BCUT2D eigenvalue weighted by atomic mass is 32.2. The van der Waals surface area contributed by atoms with Crippen molar-refractivity contribution in [3.63, 3.8) is 0 Å². The summed E-state index contributed by atoms with van der Waals surface area (Å²) in [7, 11) is 0.609. The molecular formula is C13H23N5O3S. The third-order valence-corrected chi connectivity index (χ3v) is 5.10. The van der Waals surface area contributed by atoms with Crippen molar-refractivity contribution in [1.82, 2.24) is 24.7 Å². The molecule has 2 N–H and O–H groups in total. The van der Waals surface area contributed by atoms with Gasteiger partial charge in [0.25, 0.3) is 5.91 Å². The van der Waals surface area contributed by atoms with Crippen LogP contribution in [-0.4, -0.2) is 79.8 Å². The summed E-state index contributed by atoms with van der Waals surface area (Å²) in [6.07, 6.45) is 2.68. The van der Waals surface area contributed by atoms with Gasteiger partial charge in [-0.25, -0.2) is 8.42 Å². The van der Waals surface area contributed by atoms with Crippen LogP contribution in [0.3, 0.4) is 0 Å². The van der Waals surface area contributed by atoms with Crippen LogP contribution in [0.1, 0.15) is 16.1 Å². The number of carbonyl (C=O) groups excluding carboxylic acids is 1. The monoisotopic (exact) mass is 329 g/mol. The summed E-state index contributed by atoms with van der Waals surface area (Å²) >= 11 is 0. The molecule has 1 aliphatic heterocycles. The highest BCUT2D eigenvalue weighted by molar-refractivity contribution is 7.88. The largest absolute Gasteiger partial charge is 0.347 e. The predicted molar refractivity (Wildman–Crippen MR) is 83.0 cm³/mol. The van der Waals surface area contributed by atoms with Gasteiger partial charge in [-0.3, -0.25) is 9.89 Å². The first kappa shape index (κ1) is 16.9. The van der Waals surface area contributed by atoms with Gasteiger partial charge < -0.3 is 10.2 Å². The molecule has 0 spiro atoms. The number of carbonyl (C=O) groups is 1. The molecular weight excluding hydrogens is 306 g/mol. The average molecular weight is 329 g/mol. The standard InChI is InChI=1S/C13H23N5O3S/c1-9-11(5-14-16-9)13(19)15-12-8-18(22(4,20)21)7-10(12)6-17(2)3/h5,10,12H,6-8H2,1-4H3,(H,14,16)(H,15,19)/t10-,12-/m1/s1. The summed E-state index contributed by atoms with van der Waals surface area (Å²) in [4.78, 5) is 14.3. The zero-order valence-electron chi connectivity index (χ0n) is 13.3. The molecule has 1 aromatic rings. The van der Waals surface area contributed by atoms with Crippen LogP contribution < -0.4 is 5.32 Å². The van der Waals surface area contributed by atoms with Gasteiger partial charge in [-0.2, -0.15) is 9.40 Å². The Hall–Kier alpha value is -1.45. The Bertz CT molecular complexity index is 640. The quantitative estimate of drug-likeness (QED) is 0.742. The van der Waals surface area contributed by atoms with Crippen LogP contribution in [0.2, 0.25) is 0 Å². The second kappa shape index (κ2) is 6.35. The van der Waals surface area contributed by atoms with E-state index in [0.29, 0.717) is 30.9 Å². The maximum atomic E-state index is 12.3. The predicted octanol–water partition coefficient (Wildman–Crippen LogP) is -0.730. The summed E-state index contributed by atoms with van der Waals surface area (Å²) in [6, 6.07) is -0.209. The third kappa shape index (κ3) is 3.84. The zero-order chi connectivity index (χ0) is 16.5. The highest BCUT2D eigenvalue weighted by Gasteiger charge is 2.38. The summed E-state index contributed by atoms with van der Waals surface area (Å²) in [5.74, 6) is -0.170. The minimum absolute atomic E-state index is 0.0564. The molecule has 124 valence electrons. The van der Waals surface area contributed by atoms with E-state index in [2.05, 4.69) is 15.5 Å². The molecule has 0 radical (unpaired) electrons. The number of hydrogen-bond donors (Lipinski definition) is 2. The Morgan fingerprint density at radius 2 is 2.18 bits per heavy atom. The maximum Gasteiger partial charge on any atom is 0.255 e. The number of nitrogens with one attached hydrogen (secondary N) is 2. The lowest BCUT2D eigenvalue weighted by molar-refractivity contribution is 0.0926. The number of nitrogens with zero attached hydrogens (tertiary/aromatic N) is 3. The maximum absolute atomic E-state index is 12.3. The second-order valence-electron chi connectivity index (χ2n) is 6.09. The van der Waals surface area contributed by atoms with Gasteiger partial charge in [0.05, 0.1) is 18.0 Å². The smallest absolute Gasteiger partial charge is 0.255 e. The third-order valence-electron chi connectivity index (χ3n) is 3.87. The van der Waals surface area contributed by atoms with E-state index in [-0.39, 0.29) is 17.9 Å². The van der Waals surface area contributed by atoms with Gasteiger partial charge in [0, 0.05) is 37.3 Å². The van der Waals surface area contributed by atoms with E-state index in [4.69, 9.17) is 0 Å². The number of hydrogen-bond acceptors (Lipinski definition) is 5. The lowest BCUT2D eigenvalue weighted by atomic mass is 10.0.